The monoisotopic (exact) mass is 311 g/mol. The number of likely N-dealkylation sites (tertiary alicyclic amines) is 1. The molecule has 1 aliphatic rings. The third-order valence-corrected chi connectivity index (χ3v) is 4.89. The summed E-state index contributed by atoms with van der Waals surface area (Å²) in [4.78, 5) is 16.9. The van der Waals surface area contributed by atoms with Crippen molar-refractivity contribution < 1.29 is 4.92 Å². The zero-order valence-corrected chi connectivity index (χ0v) is 13.1. The number of nitrogens with zero attached hydrogens (tertiary/aromatic N) is 3. The molecule has 1 fully saturated rings. The normalized spacial score (nSPS) is 22.6. The molecule has 7 heteroatoms. The van der Waals surface area contributed by atoms with Crippen LogP contribution in [-0.4, -0.2) is 31.2 Å². The van der Waals surface area contributed by atoms with Crippen molar-refractivity contribution in [2.75, 3.05) is 0 Å². The Labute approximate surface area is 127 Å². The number of hydrogen-bond acceptors (Lipinski definition) is 5. The Kier molecular flexibility index (Phi) is 4.93. The van der Waals surface area contributed by atoms with Gasteiger partial charge < -0.3 is 4.90 Å². The van der Waals surface area contributed by atoms with Gasteiger partial charge in [-0.1, -0.05) is 12.2 Å². The van der Waals surface area contributed by atoms with E-state index in [4.69, 9.17) is 12.2 Å². The van der Waals surface area contributed by atoms with E-state index < -0.39 is 4.92 Å². The average molecular weight is 311 g/mol. The summed E-state index contributed by atoms with van der Waals surface area (Å²) < 4.78 is 0.673. The van der Waals surface area contributed by atoms with Crippen LogP contribution in [0.25, 0.3) is 0 Å². The van der Waals surface area contributed by atoms with E-state index in [1.54, 1.807) is 12.3 Å². The molecule has 0 aromatic carbocycles. The summed E-state index contributed by atoms with van der Waals surface area (Å²) in [6.45, 7) is 4.30. The lowest BCUT2D eigenvalue weighted by Crippen LogP contribution is -2.45. The van der Waals surface area contributed by atoms with E-state index in [0.29, 0.717) is 21.4 Å². The van der Waals surface area contributed by atoms with Gasteiger partial charge in [-0.2, -0.15) is 0 Å². The summed E-state index contributed by atoms with van der Waals surface area (Å²) in [6.07, 6.45) is 4.97. The minimum absolute atomic E-state index is 0.0113. The molecule has 0 amide bonds. The standard InChI is InChI=1S/C13H17N3O2S2/c1-9-5-3-6-10(2)15(9)13(19)20-12-11(16(17)18)7-4-8-14-12/h4,7-10H,3,5-6H2,1-2H3. The largest absolute Gasteiger partial charge is 0.352 e. The van der Waals surface area contributed by atoms with Crippen LogP contribution in [0.15, 0.2) is 23.4 Å². The number of piperidine rings is 1. The van der Waals surface area contributed by atoms with Gasteiger partial charge in [-0.3, -0.25) is 10.1 Å². The SMILES string of the molecule is CC1CCCC(C)N1C(=S)Sc1ncccc1[N+](=O)[O-]. The maximum atomic E-state index is 11.0. The zero-order valence-electron chi connectivity index (χ0n) is 11.5. The predicted octanol–water partition coefficient (Wildman–Crippen LogP) is 3.63. The highest BCUT2D eigenvalue weighted by Gasteiger charge is 2.28. The second-order valence-corrected chi connectivity index (χ2v) is 6.61. The number of hydrogen-bond donors (Lipinski definition) is 0. The van der Waals surface area contributed by atoms with Crippen LogP contribution in [-0.2, 0) is 0 Å². The van der Waals surface area contributed by atoms with E-state index in [-0.39, 0.29) is 5.69 Å². The summed E-state index contributed by atoms with van der Waals surface area (Å²) in [6, 6.07) is 3.78. The van der Waals surface area contributed by atoms with Gasteiger partial charge in [0.25, 0.3) is 0 Å². The second-order valence-electron chi connectivity index (χ2n) is 4.99. The highest BCUT2D eigenvalue weighted by atomic mass is 32.2. The van der Waals surface area contributed by atoms with Crippen molar-refractivity contribution in [3.05, 3.63) is 28.4 Å². The van der Waals surface area contributed by atoms with E-state index in [0.717, 1.165) is 12.8 Å². The molecule has 2 atom stereocenters. The van der Waals surface area contributed by atoms with Crippen LogP contribution in [0.2, 0.25) is 0 Å². The molecule has 0 N–H and O–H groups in total. The van der Waals surface area contributed by atoms with Crippen molar-refractivity contribution in [3.63, 3.8) is 0 Å². The van der Waals surface area contributed by atoms with Crippen molar-refractivity contribution in [2.24, 2.45) is 0 Å². The molecule has 0 aliphatic carbocycles. The molecule has 2 heterocycles. The van der Waals surface area contributed by atoms with Gasteiger partial charge in [0, 0.05) is 24.3 Å². The van der Waals surface area contributed by atoms with Crippen molar-refractivity contribution in [3.8, 4) is 0 Å². The van der Waals surface area contributed by atoms with E-state index in [9.17, 15) is 10.1 Å². The van der Waals surface area contributed by atoms with Gasteiger partial charge in [0.05, 0.1) is 4.92 Å². The lowest BCUT2D eigenvalue weighted by atomic mass is 9.99. The van der Waals surface area contributed by atoms with Crippen LogP contribution >= 0.6 is 24.0 Å². The molecule has 2 unspecified atom stereocenters. The molecule has 0 bridgehead atoms. The lowest BCUT2D eigenvalue weighted by molar-refractivity contribution is -0.388. The zero-order chi connectivity index (χ0) is 14.7. The fraction of sp³-hybridized carbons (Fsp3) is 0.538. The Hall–Kier alpha value is -1.21. The minimum atomic E-state index is -0.416. The highest BCUT2D eigenvalue weighted by Crippen LogP contribution is 2.32. The molecule has 0 spiro atoms. The van der Waals surface area contributed by atoms with Crippen molar-refractivity contribution >= 4 is 34.0 Å². The van der Waals surface area contributed by atoms with Crippen molar-refractivity contribution in [2.45, 2.75) is 50.2 Å². The Morgan fingerprint density at radius 3 is 2.75 bits per heavy atom. The van der Waals surface area contributed by atoms with Crippen LogP contribution in [0.4, 0.5) is 5.69 Å². The molecule has 1 aromatic rings. The number of rotatable bonds is 2. The van der Waals surface area contributed by atoms with Gasteiger partial charge in [0.1, 0.15) is 4.32 Å². The van der Waals surface area contributed by atoms with Crippen molar-refractivity contribution in [1.82, 2.24) is 9.88 Å². The molecular weight excluding hydrogens is 294 g/mol. The fourth-order valence-corrected chi connectivity index (χ4v) is 4.10. The summed E-state index contributed by atoms with van der Waals surface area (Å²) >= 11 is 6.70. The van der Waals surface area contributed by atoms with E-state index in [2.05, 4.69) is 23.7 Å². The first-order valence-corrected chi connectivity index (χ1v) is 7.82. The maximum Gasteiger partial charge on any atom is 0.301 e. The van der Waals surface area contributed by atoms with Crippen LogP contribution in [0, 0.1) is 10.1 Å². The molecule has 20 heavy (non-hydrogen) atoms. The Morgan fingerprint density at radius 1 is 1.50 bits per heavy atom. The van der Waals surface area contributed by atoms with Gasteiger partial charge in [-0.25, -0.2) is 4.98 Å². The van der Waals surface area contributed by atoms with Gasteiger partial charge >= 0.3 is 5.69 Å². The van der Waals surface area contributed by atoms with Crippen LogP contribution in [0.1, 0.15) is 33.1 Å². The first kappa shape index (κ1) is 15.2. The third kappa shape index (κ3) is 3.27. The van der Waals surface area contributed by atoms with Crippen LogP contribution < -0.4 is 0 Å². The summed E-state index contributed by atoms with van der Waals surface area (Å²) in [5.41, 5.74) is 0.0113. The van der Waals surface area contributed by atoms with Gasteiger partial charge in [0.15, 0.2) is 5.03 Å². The predicted molar refractivity (Wildman–Crippen MR) is 84.0 cm³/mol. The molecule has 2 rings (SSSR count). The number of pyridine rings is 1. The molecule has 1 saturated heterocycles. The average Bonchev–Trinajstić information content (AvgIpc) is 2.38. The molecule has 0 saturated carbocycles. The smallest absolute Gasteiger partial charge is 0.301 e. The van der Waals surface area contributed by atoms with Gasteiger partial charge in [-0.15, -0.1) is 0 Å². The molecule has 1 aromatic heterocycles. The van der Waals surface area contributed by atoms with Gasteiger partial charge in [-0.05, 0) is 50.9 Å². The maximum absolute atomic E-state index is 11.0. The number of nitro groups is 1. The Morgan fingerprint density at radius 2 is 2.15 bits per heavy atom. The van der Waals surface area contributed by atoms with E-state index >= 15 is 0 Å². The number of thiocarbonyl (C=S) groups is 1. The summed E-state index contributed by atoms with van der Waals surface area (Å²) in [5.74, 6) is 0. The molecule has 1 aliphatic heterocycles. The lowest BCUT2D eigenvalue weighted by Gasteiger charge is -2.40. The molecule has 0 radical (unpaired) electrons. The first-order valence-electron chi connectivity index (χ1n) is 6.60. The summed E-state index contributed by atoms with van der Waals surface area (Å²) in [5, 5.41) is 11.4. The van der Waals surface area contributed by atoms with Crippen LogP contribution in [0.3, 0.4) is 0 Å². The molecule has 108 valence electrons. The van der Waals surface area contributed by atoms with E-state index in [1.807, 2.05) is 0 Å². The van der Waals surface area contributed by atoms with Gasteiger partial charge in [0.2, 0.25) is 0 Å². The minimum Gasteiger partial charge on any atom is -0.352 e. The van der Waals surface area contributed by atoms with E-state index in [1.165, 1.54) is 24.2 Å². The molecular formula is C13H17N3O2S2. The quantitative estimate of drug-likeness (QED) is 0.360. The van der Waals surface area contributed by atoms with Crippen LogP contribution in [0.5, 0.6) is 0 Å². The fourth-order valence-electron chi connectivity index (χ4n) is 2.52. The third-order valence-electron chi connectivity index (χ3n) is 3.54. The van der Waals surface area contributed by atoms with Crippen molar-refractivity contribution in [1.29, 1.82) is 0 Å². The highest BCUT2D eigenvalue weighted by molar-refractivity contribution is 8.22. The number of thioether (sulfide) groups is 1. The first-order chi connectivity index (χ1) is 9.50. The Bertz CT molecular complexity index is 514. The topological polar surface area (TPSA) is 59.3 Å². The summed E-state index contributed by atoms with van der Waals surface area (Å²) in [7, 11) is 0. The second kappa shape index (κ2) is 6.49. The molecule has 5 nitrogen and oxygen atoms in total. The number of aromatic nitrogens is 1. The Balaban J connectivity index is 2.17.